The van der Waals surface area contributed by atoms with Crippen LogP contribution in [0.1, 0.15) is 12.0 Å². The number of nitrogens with zero attached hydrogens (tertiary/aromatic N) is 2. The molecule has 0 spiro atoms. The van der Waals surface area contributed by atoms with Gasteiger partial charge in [-0.15, -0.1) is 0 Å². The van der Waals surface area contributed by atoms with Gasteiger partial charge in [0.2, 0.25) is 0 Å². The lowest BCUT2D eigenvalue weighted by molar-refractivity contribution is 0.669. The molecule has 0 aliphatic heterocycles. The van der Waals surface area contributed by atoms with Crippen molar-refractivity contribution in [3.8, 4) is 16.8 Å². The van der Waals surface area contributed by atoms with Gasteiger partial charge in [0.05, 0.1) is 28.5 Å². The number of benzene rings is 7. The molecule has 1 aliphatic rings. The zero-order valence-electron chi connectivity index (χ0n) is 28.0. The topological polar surface area (TPSA) is 21.3 Å². The molecule has 1 aliphatic carbocycles. The first-order valence-electron chi connectivity index (χ1n) is 17.6. The number of para-hydroxylation sites is 5. The number of fused-ring (bicyclic) bond motifs is 6. The summed E-state index contributed by atoms with van der Waals surface area (Å²) in [5.74, 6) is 0. The summed E-state index contributed by atoms with van der Waals surface area (Å²) in [5, 5.41) is 4.82. The molecule has 1 unspecified atom stereocenters. The van der Waals surface area contributed by atoms with Crippen LogP contribution in [0.2, 0.25) is 0 Å². The zero-order chi connectivity index (χ0) is 33.7. The Hall–Kier alpha value is -6.58. The lowest BCUT2D eigenvalue weighted by Gasteiger charge is -2.35. The highest BCUT2D eigenvalue weighted by Crippen LogP contribution is 2.41. The first kappa shape index (κ1) is 29.3. The summed E-state index contributed by atoms with van der Waals surface area (Å²) in [6.07, 6.45) is 7.92. The molecule has 7 aromatic carbocycles. The van der Waals surface area contributed by atoms with Gasteiger partial charge in [0.25, 0.3) is 0 Å². The quantitative estimate of drug-likeness (QED) is 0.178. The van der Waals surface area contributed by atoms with Crippen LogP contribution in [0.4, 0.5) is 11.4 Å². The zero-order valence-corrected chi connectivity index (χ0v) is 28.0. The fraction of sp³-hybridized carbons (Fsp3) is 0.0417. The lowest BCUT2D eigenvalue weighted by Crippen LogP contribution is -2.31. The number of aromatic nitrogens is 1. The van der Waals surface area contributed by atoms with E-state index in [1.54, 1.807) is 0 Å². The maximum Gasteiger partial charge on any atom is 0.135 e. The van der Waals surface area contributed by atoms with Gasteiger partial charge in [-0.05, 0) is 83.3 Å². The van der Waals surface area contributed by atoms with Crippen molar-refractivity contribution in [3.63, 3.8) is 0 Å². The smallest absolute Gasteiger partial charge is 0.135 e. The summed E-state index contributed by atoms with van der Waals surface area (Å²) in [5.41, 5.74) is 12.6. The number of hydrogen-bond donors (Lipinski definition) is 0. The Kier molecular flexibility index (Phi) is 6.95. The third kappa shape index (κ3) is 4.97. The molecule has 0 N–H and O–H groups in total. The van der Waals surface area contributed by atoms with Gasteiger partial charge in [0, 0.05) is 27.2 Å². The Morgan fingerprint density at radius 2 is 1.12 bits per heavy atom. The molecule has 10 rings (SSSR count). The van der Waals surface area contributed by atoms with Crippen molar-refractivity contribution in [1.29, 1.82) is 0 Å². The van der Waals surface area contributed by atoms with E-state index >= 15 is 0 Å². The van der Waals surface area contributed by atoms with Gasteiger partial charge in [-0.25, -0.2) is 0 Å². The Morgan fingerprint density at radius 1 is 0.510 bits per heavy atom. The molecule has 0 saturated carbocycles. The summed E-state index contributed by atoms with van der Waals surface area (Å²) in [6.45, 7) is 0. The second-order valence-electron chi connectivity index (χ2n) is 13.3. The molecular formula is C48H34N2O. The molecule has 51 heavy (non-hydrogen) atoms. The minimum atomic E-state index is 0.101. The third-order valence-electron chi connectivity index (χ3n) is 10.3. The van der Waals surface area contributed by atoms with Gasteiger partial charge >= 0.3 is 0 Å². The molecule has 0 bridgehead atoms. The minimum Gasteiger partial charge on any atom is -0.456 e. The average molecular weight is 655 g/mol. The maximum atomic E-state index is 6.13. The van der Waals surface area contributed by atoms with Gasteiger partial charge in [-0.3, -0.25) is 0 Å². The normalized spacial score (nSPS) is 14.4. The van der Waals surface area contributed by atoms with E-state index < -0.39 is 0 Å². The molecule has 0 radical (unpaired) electrons. The molecule has 2 aromatic heterocycles. The third-order valence-corrected chi connectivity index (χ3v) is 10.3. The predicted octanol–water partition coefficient (Wildman–Crippen LogP) is 12.9. The molecule has 9 aromatic rings. The van der Waals surface area contributed by atoms with Crippen LogP contribution >= 0.6 is 0 Å². The van der Waals surface area contributed by atoms with E-state index in [1.165, 1.54) is 44.1 Å². The highest BCUT2D eigenvalue weighted by atomic mass is 16.3. The Balaban J connectivity index is 1.09. The fourth-order valence-electron chi connectivity index (χ4n) is 7.91. The van der Waals surface area contributed by atoms with Gasteiger partial charge in [0.1, 0.15) is 11.2 Å². The van der Waals surface area contributed by atoms with Crippen molar-refractivity contribution < 1.29 is 4.42 Å². The van der Waals surface area contributed by atoms with Crippen LogP contribution in [0.15, 0.2) is 193 Å². The van der Waals surface area contributed by atoms with E-state index in [2.05, 4.69) is 185 Å². The SMILES string of the molecule is C1=CC(N(c2ccc(-c3ccccc3)cc2)c2ccccc2-n2c3ccccc3c3ccccc32)CC=C1c1ccc2oc3ccccc3c2c1. The van der Waals surface area contributed by atoms with E-state index in [0.717, 1.165) is 45.4 Å². The van der Waals surface area contributed by atoms with Gasteiger partial charge < -0.3 is 13.9 Å². The van der Waals surface area contributed by atoms with E-state index in [9.17, 15) is 0 Å². The molecular weight excluding hydrogens is 621 g/mol. The van der Waals surface area contributed by atoms with E-state index in [0.29, 0.717) is 0 Å². The molecule has 1 atom stereocenters. The first-order valence-corrected chi connectivity index (χ1v) is 17.6. The van der Waals surface area contributed by atoms with Crippen LogP contribution in [0.3, 0.4) is 0 Å². The van der Waals surface area contributed by atoms with Crippen LogP contribution in [0.25, 0.3) is 66.1 Å². The highest BCUT2D eigenvalue weighted by Gasteiger charge is 2.25. The highest BCUT2D eigenvalue weighted by molar-refractivity contribution is 6.10. The van der Waals surface area contributed by atoms with Crippen LogP contribution in [-0.4, -0.2) is 10.6 Å². The van der Waals surface area contributed by atoms with Crippen molar-refractivity contribution >= 4 is 60.7 Å². The summed E-state index contributed by atoms with van der Waals surface area (Å²) in [4.78, 5) is 2.52. The average Bonchev–Trinajstić information content (AvgIpc) is 3.75. The summed E-state index contributed by atoms with van der Waals surface area (Å²) < 4.78 is 8.56. The number of anilines is 2. The number of allylic oxidation sites excluding steroid dienone is 2. The van der Waals surface area contributed by atoms with E-state index in [4.69, 9.17) is 4.42 Å². The van der Waals surface area contributed by atoms with Crippen molar-refractivity contribution in [3.05, 3.63) is 194 Å². The van der Waals surface area contributed by atoms with Crippen LogP contribution in [0.5, 0.6) is 0 Å². The van der Waals surface area contributed by atoms with Gasteiger partial charge in [-0.2, -0.15) is 0 Å². The molecule has 3 nitrogen and oxygen atoms in total. The molecule has 0 amide bonds. The minimum absolute atomic E-state index is 0.101. The van der Waals surface area contributed by atoms with Crippen molar-refractivity contribution in [2.45, 2.75) is 12.5 Å². The van der Waals surface area contributed by atoms with Crippen molar-refractivity contribution in [1.82, 2.24) is 4.57 Å². The standard InChI is InChI=1S/C48H34N2O/c1-2-12-33(13-3-1)34-22-27-37(28-23-34)49(38-29-24-35(25-30-38)36-26-31-48-42(32-36)41-16-6-11-21-47(41)51-48)45-19-9-10-20-46(45)50-43-17-7-4-14-39(43)40-15-5-8-18-44(40)50/h1-29,31-32,38H,30H2. The Morgan fingerprint density at radius 3 is 1.86 bits per heavy atom. The second-order valence-corrected chi connectivity index (χ2v) is 13.3. The van der Waals surface area contributed by atoms with Crippen molar-refractivity contribution in [2.24, 2.45) is 0 Å². The molecule has 3 heteroatoms. The van der Waals surface area contributed by atoms with Crippen LogP contribution in [-0.2, 0) is 0 Å². The monoisotopic (exact) mass is 654 g/mol. The molecule has 0 fully saturated rings. The largest absolute Gasteiger partial charge is 0.456 e. The summed E-state index contributed by atoms with van der Waals surface area (Å²) in [6, 6.07) is 60.9. The molecule has 242 valence electrons. The predicted molar refractivity (Wildman–Crippen MR) is 214 cm³/mol. The lowest BCUT2D eigenvalue weighted by atomic mass is 9.94. The Labute approximate surface area is 296 Å². The number of rotatable bonds is 6. The second kappa shape index (κ2) is 12.1. The van der Waals surface area contributed by atoms with Gasteiger partial charge in [-0.1, -0.05) is 133 Å². The maximum absolute atomic E-state index is 6.13. The van der Waals surface area contributed by atoms with E-state index in [1.807, 2.05) is 12.1 Å². The summed E-state index contributed by atoms with van der Waals surface area (Å²) >= 11 is 0. The number of furan rings is 1. The Bertz CT molecular complexity index is 2730. The van der Waals surface area contributed by atoms with Crippen LogP contribution < -0.4 is 4.90 Å². The molecule has 2 heterocycles. The van der Waals surface area contributed by atoms with E-state index in [-0.39, 0.29) is 6.04 Å². The number of hydrogen-bond acceptors (Lipinski definition) is 2. The fourth-order valence-corrected chi connectivity index (χ4v) is 7.91. The first-order chi connectivity index (χ1) is 25.3. The van der Waals surface area contributed by atoms with Crippen LogP contribution in [0, 0.1) is 0 Å². The van der Waals surface area contributed by atoms with Crippen molar-refractivity contribution in [2.75, 3.05) is 4.90 Å². The van der Waals surface area contributed by atoms with Gasteiger partial charge in [0.15, 0.2) is 0 Å². The molecule has 0 saturated heterocycles. The summed E-state index contributed by atoms with van der Waals surface area (Å²) in [7, 11) is 0.